The maximum absolute atomic E-state index is 5.28. The first-order valence-electron chi connectivity index (χ1n) is 4.24. The quantitative estimate of drug-likeness (QED) is 0.608. The highest BCUT2D eigenvalue weighted by atomic mass is 14.9. The zero-order valence-corrected chi connectivity index (χ0v) is 8.02. The molecule has 0 radical (unpaired) electrons. The van der Waals surface area contributed by atoms with E-state index in [2.05, 4.69) is 32.0 Å². The minimum absolute atomic E-state index is 0.519. The van der Waals surface area contributed by atoms with Crippen molar-refractivity contribution in [3.05, 3.63) is 0 Å². The summed E-state index contributed by atoms with van der Waals surface area (Å²) < 4.78 is 0. The van der Waals surface area contributed by atoms with E-state index in [9.17, 15) is 0 Å². The first-order valence-corrected chi connectivity index (χ1v) is 4.24. The molecular weight excluding hydrogens is 134 g/mol. The Morgan fingerprint density at radius 1 is 1.36 bits per heavy atom. The van der Waals surface area contributed by atoms with E-state index in [-0.39, 0.29) is 0 Å². The number of rotatable bonds is 4. The van der Waals surface area contributed by atoms with Crippen LogP contribution in [0, 0.1) is 24.2 Å². The fourth-order valence-electron chi connectivity index (χ4n) is 1.34. The molecule has 0 aliphatic rings. The van der Waals surface area contributed by atoms with Gasteiger partial charge in [0.2, 0.25) is 0 Å². The number of hydrogen-bond donors (Lipinski definition) is 1. The fourth-order valence-corrected chi connectivity index (χ4v) is 1.34. The molecule has 0 saturated heterocycles. The van der Waals surface area contributed by atoms with Gasteiger partial charge in [0.15, 0.2) is 0 Å². The lowest BCUT2D eigenvalue weighted by Crippen LogP contribution is -2.33. The van der Waals surface area contributed by atoms with Crippen LogP contribution in [0.25, 0.3) is 0 Å². The largest absolute Gasteiger partial charge is 0.317 e. The molecule has 0 amide bonds. The summed E-state index contributed by atoms with van der Waals surface area (Å²) in [4.78, 5) is 0. The fraction of sp³-hybridized carbons (Fsp3) is 0.800. The zero-order chi connectivity index (χ0) is 8.85. The third kappa shape index (κ3) is 3.43. The van der Waals surface area contributed by atoms with Gasteiger partial charge in [0, 0.05) is 12.5 Å². The molecule has 2 atom stereocenters. The van der Waals surface area contributed by atoms with Gasteiger partial charge in [-0.05, 0) is 25.8 Å². The van der Waals surface area contributed by atoms with Crippen LogP contribution in [0.3, 0.4) is 0 Å². The summed E-state index contributed by atoms with van der Waals surface area (Å²) in [5.74, 6) is 3.99. The van der Waals surface area contributed by atoms with Crippen molar-refractivity contribution in [1.29, 1.82) is 0 Å². The predicted molar refractivity (Wildman–Crippen MR) is 50.3 cm³/mol. The molecule has 11 heavy (non-hydrogen) atoms. The molecule has 0 fully saturated rings. The van der Waals surface area contributed by atoms with Gasteiger partial charge in [0.25, 0.3) is 0 Å². The van der Waals surface area contributed by atoms with Gasteiger partial charge in [0.1, 0.15) is 0 Å². The van der Waals surface area contributed by atoms with E-state index in [0.717, 1.165) is 6.42 Å². The van der Waals surface area contributed by atoms with Crippen LogP contribution in [-0.4, -0.2) is 13.1 Å². The lowest BCUT2D eigenvalue weighted by Gasteiger charge is -2.25. The van der Waals surface area contributed by atoms with Crippen LogP contribution in [-0.2, 0) is 0 Å². The summed E-state index contributed by atoms with van der Waals surface area (Å²) in [7, 11) is 1.98. The van der Waals surface area contributed by atoms with Crippen LogP contribution in [0.15, 0.2) is 0 Å². The van der Waals surface area contributed by atoms with E-state index in [1.54, 1.807) is 0 Å². The summed E-state index contributed by atoms with van der Waals surface area (Å²) in [6.07, 6.45) is 6.16. The van der Waals surface area contributed by atoms with Crippen LogP contribution in [0.4, 0.5) is 0 Å². The number of hydrogen-bond acceptors (Lipinski definition) is 1. The van der Waals surface area contributed by atoms with Gasteiger partial charge in [-0.15, -0.1) is 12.3 Å². The van der Waals surface area contributed by atoms with Crippen molar-refractivity contribution in [1.82, 2.24) is 5.32 Å². The highest BCUT2D eigenvalue weighted by Gasteiger charge is 2.17. The van der Waals surface area contributed by atoms with Crippen LogP contribution in [0.5, 0.6) is 0 Å². The van der Waals surface area contributed by atoms with Gasteiger partial charge < -0.3 is 5.32 Å². The Morgan fingerprint density at radius 2 is 1.91 bits per heavy atom. The molecular formula is C10H19N. The minimum Gasteiger partial charge on any atom is -0.317 e. The molecule has 0 bridgehead atoms. The second-order valence-electron chi connectivity index (χ2n) is 3.39. The van der Waals surface area contributed by atoms with E-state index < -0.39 is 0 Å². The highest BCUT2D eigenvalue weighted by molar-refractivity contribution is 4.90. The molecule has 0 spiro atoms. The SMILES string of the molecule is C#CCC(C(C)C)C(C)NC. The van der Waals surface area contributed by atoms with Gasteiger partial charge in [-0.3, -0.25) is 0 Å². The number of nitrogens with one attached hydrogen (secondary N) is 1. The van der Waals surface area contributed by atoms with Gasteiger partial charge in [0.05, 0.1) is 0 Å². The van der Waals surface area contributed by atoms with Gasteiger partial charge in [-0.2, -0.15) is 0 Å². The van der Waals surface area contributed by atoms with Crippen LogP contribution in [0.2, 0.25) is 0 Å². The molecule has 0 aromatic rings. The topological polar surface area (TPSA) is 12.0 Å². The smallest absolute Gasteiger partial charge is 0.0132 e. The number of terminal acetylenes is 1. The van der Waals surface area contributed by atoms with Crippen LogP contribution >= 0.6 is 0 Å². The van der Waals surface area contributed by atoms with E-state index in [1.807, 2.05) is 7.05 Å². The average molecular weight is 153 g/mol. The molecule has 1 N–H and O–H groups in total. The monoisotopic (exact) mass is 153 g/mol. The van der Waals surface area contributed by atoms with Crippen molar-refractivity contribution in [2.45, 2.75) is 33.2 Å². The Morgan fingerprint density at radius 3 is 2.18 bits per heavy atom. The molecule has 0 saturated carbocycles. The second kappa shape index (κ2) is 5.21. The summed E-state index contributed by atoms with van der Waals surface area (Å²) in [6.45, 7) is 6.62. The van der Waals surface area contributed by atoms with Gasteiger partial charge in [-0.25, -0.2) is 0 Å². The van der Waals surface area contributed by atoms with Crippen molar-refractivity contribution < 1.29 is 0 Å². The van der Waals surface area contributed by atoms with Crippen molar-refractivity contribution >= 4 is 0 Å². The molecule has 0 aromatic carbocycles. The van der Waals surface area contributed by atoms with Gasteiger partial charge >= 0.3 is 0 Å². The van der Waals surface area contributed by atoms with E-state index in [0.29, 0.717) is 17.9 Å². The molecule has 0 heterocycles. The molecule has 1 nitrogen and oxygen atoms in total. The predicted octanol–water partition coefficient (Wildman–Crippen LogP) is 1.89. The molecule has 0 aliphatic carbocycles. The summed E-state index contributed by atoms with van der Waals surface area (Å²) in [6, 6.07) is 0.519. The van der Waals surface area contributed by atoms with E-state index >= 15 is 0 Å². The first kappa shape index (κ1) is 10.5. The molecule has 0 aromatic heterocycles. The first-order chi connectivity index (χ1) is 5.13. The van der Waals surface area contributed by atoms with Gasteiger partial charge in [-0.1, -0.05) is 13.8 Å². The molecule has 1 heteroatoms. The maximum Gasteiger partial charge on any atom is 0.0132 e. The van der Waals surface area contributed by atoms with Crippen LogP contribution in [0.1, 0.15) is 27.2 Å². The Kier molecular flexibility index (Phi) is 4.98. The molecule has 2 unspecified atom stereocenters. The summed E-state index contributed by atoms with van der Waals surface area (Å²) in [5, 5.41) is 3.24. The third-order valence-electron chi connectivity index (χ3n) is 2.31. The highest BCUT2D eigenvalue weighted by Crippen LogP contribution is 2.18. The normalized spacial score (nSPS) is 16.0. The van der Waals surface area contributed by atoms with Crippen molar-refractivity contribution in [3.63, 3.8) is 0 Å². The van der Waals surface area contributed by atoms with E-state index in [4.69, 9.17) is 6.42 Å². The Balaban J connectivity index is 4.00. The molecule has 64 valence electrons. The minimum atomic E-state index is 0.519. The van der Waals surface area contributed by atoms with Crippen molar-refractivity contribution in [2.24, 2.45) is 11.8 Å². The lowest BCUT2D eigenvalue weighted by atomic mass is 9.87. The summed E-state index contributed by atoms with van der Waals surface area (Å²) >= 11 is 0. The molecule has 0 rings (SSSR count). The Bertz CT molecular complexity index is 132. The average Bonchev–Trinajstić information content (AvgIpc) is 1.98. The molecule has 0 aliphatic heterocycles. The van der Waals surface area contributed by atoms with Crippen LogP contribution < -0.4 is 5.32 Å². The van der Waals surface area contributed by atoms with Crippen molar-refractivity contribution in [3.8, 4) is 12.3 Å². The van der Waals surface area contributed by atoms with Crippen molar-refractivity contribution in [2.75, 3.05) is 7.05 Å². The lowest BCUT2D eigenvalue weighted by molar-refractivity contribution is 0.308. The third-order valence-corrected chi connectivity index (χ3v) is 2.31. The van der Waals surface area contributed by atoms with E-state index in [1.165, 1.54) is 0 Å². The maximum atomic E-state index is 5.28. The second-order valence-corrected chi connectivity index (χ2v) is 3.39. The Hall–Kier alpha value is -0.480. The Labute approximate surface area is 70.6 Å². The zero-order valence-electron chi connectivity index (χ0n) is 8.02. The summed E-state index contributed by atoms with van der Waals surface area (Å²) in [5.41, 5.74) is 0. The standard InChI is InChI=1S/C10H19N/c1-6-7-10(8(2)3)9(4)11-5/h1,8-11H,7H2,2-5H3.